The van der Waals surface area contributed by atoms with Gasteiger partial charge in [0.05, 0.1) is 0 Å². The van der Waals surface area contributed by atoms with Crippen LogP contribution in [0.25, 0.3) is 0 Å². The molecular weight excluding hydrogens is 331 g/mol. The predicted octanol–water partition coefficient (Wildman–Crippen LogP) is 5.09. The van der Waals surface area contributed by atoms with Crippen LogP contribution < -0.4 is 9.64 Å². The number of hydrogen-bond donors (Lipinski definition) is 1. The molecule has 1 heterocycles. The van der Waals surface area contributed by atoms with Crippen LogP contribution in [0, 0.1) is 11.3 Å². The maximum Gasteiger partial charge on any atom is 0.573 e. The lowest BCUT2D eigenvalue weighted by Gasteiger charge is -2.41. The van der Waals surface area contributed by atoms with E-state index in [1.165, 1.54) is 25.0 Å². The molecule has 1 aliphatic carbocycles. The van der Waals surface area contributed by atoms with Gasteiger partial charge in [0.15, 0.2) is 0 Å². The number of halogens is 3. The molecule has 140 valence electrons. The average Bonchev–Trinajstić information content (AvgIpc) is 2.86. The third kappa shape index (κ3) is 4.05. The normalized spacial score (nSPS) is 30.0. The van der Waals surface area contributed by atoms with Crippen LogP contribution in [-0.4, -0.2) is 24.2 Å². The van der Waals surface area contributed by atoms with Crippen LogP contribution in [0.1, 0.15) is 51.9 Å². The Morgan fingerprint density at radius 2 is 1.80 bits per heavy atom. The third-order valence-electron chi connectivity index (χ3n) is 5.89. The van der Waals surface area contributed by atoms with Crippen molar-refractivity contribution < 1.29 is 23.0 Å². The fraction of sp³-hybridized carbons (Fsp3) is 0.684. The second-order valence-corrected chi connectivity index (χ2v) is 7.45. The maximum atomic E-state index is 12.3. The van der Waals surface area contributed by atoms with E-state index in [1.54, 1.807) is 12.1 Å². The lowest BCUT2D eigenvalue weighted by atomic mass is 9.68. The molecule has 25 heavy (non-hydrogen) atoms. The van der Waals surface area contributed by atoms with Crippen LogP contribution in [0.4, 0.5) is 18.9 Å². The summed E-state index contributed by atoms with van der Waals surface area (Å²) in [4.78, 5) is 1.91. The van der Waals surface area contributed by atoms with Gasteiger partial charge in [0.1, 0.15) is 12.0 Å². The zero-order chi connectivity index (χ0) is 18.1. The molecule has 3 rings (SSSR count). The molecule has 1 spiro atoms. The molecule has 1 aromatic carbocycles. The molecule has 0 radical (unpaired) electrons. The van der Waals surface area contributed by atoms with Gasteiger partial charge in [-0.3, -0.25) is 0 Å². The first kappa shape index (κ1) is 18.4. The van der Waals surface area contributed by atoms with Gasteiger partial charge >= 0.3 is 6.36 Å². The van der Waals surface area contributed by atoms with Crippen molar-refractivity contribution in [2.75, 3.05) is 11.4 Å². The second-order valence-electron chi connectivity index (χ2n) is 7.45. The molecule has 0 bridgehead atoms. The summed E-state index contributed by atoms with van der Waals surface area (Å²) in [5.41, 5.74) is 0.681. The minimum Gasteiger partial charge on any atom is -0.406 e. The molecule has 1 N–H and O–H groups in total. The lowest BCUT2D eigenvalue weighted by Crippen LogP contribution is -2.41. The highest BCUT2D eigenvalue weighted by atomic mass is 19.4. The number of benzene rings is 1. The molecule has 0 amide bonds. The van der Waals surface area contributed by atoms with Crippen molar-refractivity contribution in [1.82, 2.24) is 0 Å². The van der Waals surface area contributed by atoms with Gasteiger partial charge < -0.3 is 14.7 Å². The van der Waals surface area contributed by atoms with Gasteiger partial charge in [-0.15, -0.1) is 13.2 Å². The fourth-order valence-electron chi connectivity index (χ4n) is 4.49. The smallest absolute Gasteiger partial charge is 0.406 e. The highest BCUT2D eigenvalue weighted by Crippen LogP contribution is 2.50. The highest BCUT2D eigenvalue weighted by Gasteiger charge is 2.48. The zero-order valence-electron chi connectivity index (χ0n) is 14.6. The minimum absolute atomic E-state index is 0.0641. The van der Waals surface area contributed by atoms with Crippen molar-refractivity contribution >= 4 is 5.69 Å². The van der Waals surface area contributed by atoms with Gasteiger partial charge in [0.25, 0.3) is 0 Å². The summed E-state index contributed by atoms with van der Waals surface area (Å²) in [5, 5.41) is 10.9. The molecule has 1 aromatic rings. The van der Waals surface area contributed by atoms with Crippen molar-refractivity contribution in [1.29, 1.82) is 0 Å². The van der Waals surface area contributed by atoms with Crippen LogP contribution in [0.5, 0.6) is 5.75 Å². The minimum atomic E-state index is -4.68. The van der Waals surface area contributed by atoms with Crippen LogP contribution in [0.2, 0.25) is 0 Å². The Morgan fingerprint density at radius 3 is 2.36 bits per heavy atom. The molecule has 2 fully saturated rings. The average molecular weight is 357 g/mol. The summed E-state index contributed by atoms with van der Waals surface area (Å²) in [6, 6.07) is 5.79. The summed E-state index contributed by atoms with van der Waals surface area (Å²) < 4.78 is 40.7. The van der Waals surface area contributed by atoms with Gasteiger partial charge in [0.2, 0.25) is 0 Å². The number of nitrogens with zero attached hydrogens (tertiary/aromatic N) is 1. The van der Waals surface area contributed by atoms with E-state index in [1.807, 2.05) is 4.90 Å². The largest absolute Gasteiger partial charge is 0.573 e. The van der Waals surface area contributed by atoms with Gasteiger partial charge in [-0.05, 0) is 62.3 Å². The van der Waals surface area contributed by atoms with E-state index >= 15 is 0 Å². The monoisotopic (exact) mass is 357 g/mol. The van der Waals surface area contributed by atoms with E-state index in [4.69, 9.17) is 0 Å². The Kier molecular flexibility index (Phi) is 5.19. The van der Waals surface area contributed by atoms with Crippen LogP contribution >= 0.6 is 0 Å². The van der Waals surface area contributed by atoms with Gasteiger partial charge in [-0.2, -0.15) is 0 Å². The molecule has 2 aliphatic rings. The predicted molar refractivity (Wildman–Crippen MR) is 90.4 cm³/mol. The Hall–Kier alpha value is -1.43. The molecule has 1 saturated heterocycles. The van der Waals surface area contributed by atoms with E-state index in [-0.39, 0.29) is 11.2 Å². The summed E-state index contributed by atoms with van der Waals surface area (Å²) in [6.45, 7) is 2.95. The number of hydrogen-bond acceptors (Lipinski definition) is 3. The fourth-order valence-corrected chi connectivity index (χ4v) is 4.49. The Bertz CT molecular complexity index is 565. The van der Waals surface area contributed by atoms with E-state index in [2.05, 4.69) is 11.7 Å². The first-order valence-corrected chi connectivity index (χ1v) is 9.13. The van der Waals surface area contributed by atoms with Crippen LogP contribution in [0.15, 0.2) is 24.3 Å². The SMILES string of the molecule is CCCC1CCC2(CC1)CCN(c1ccc(OC(F)(F)F)cc1)C2O. The van der Waals surface area contributed by atoms with Gasteiger partial charge in [-0.25, -0.2) is 0 Å². The number of aliphatic hydroxyl groups is 1. The Morgan fingerprint density at radius 1 is 1.16 bits per heavy atom. The quantitative estimate of drug-likeness (QED) is 0.815. The number of rotatable bonds is 4. The van der Waals surface area contributed by atoms with E-state index in [9.17, 15) is 18.3 Å². The molecule has 1 unspecified atom stereocenters. The molecule has 1 aliphatic heterocycles. The van der Waals surface area contributed by atoms with Crippen molar-refractivity contribution in [2.45, 2.75) is 64.5 Å². The molecule has 6 heteroatoms. The number of anilines is 1. The summed E-state index contributed by atoms with van der Waals surface area (Å²) in [6.07, 6.45) is 2.55. The standard InChI is InChI=1S/C19H26F3NO2/c1-2-3-14-8-10-18(11-9-14)12-13-23(17(18)24)15-4-6-16(7-5-15)25-19(20,21)22/h4-7,14,17,24H,2-3,8-13H2,1H3. The van der Waals surface area contributed by atoms with Gasteiger partial charge in [-0.1, -0.05) is 19.8 Å². The second kappa shape index (κ2) is 7.06. The maximum absolute atomic E-state index is 12.3. The number of alkyl halides is 3. The Balaban J connectivity index is 1.65. The third-order valence-corrected chi connectivity index (χ3v) is 5.89. The Labute approximate surface area is 146 Å². The topological polar surface area (TPSA) is 32.7 Å². The van der Waals surface area contributed by atoms with Crippen molar-refractivity contribution in [3.63, 3.8) is 0 Å². The van der Waals surface area contributed by atoms with Crippen LogP contribution in [-0.2, 0) is 0 Å². The first-order valence-electron chi connectivity index (χ1n) is 9.13. The first-order chi connectivity index (χ1) is 11.8. The summed E-state index contributed by atoms with van der Waals surface area (Å²) in [7, 11) is 0. The van der Waals surface area contributed by atoms with Crippen molar-refractivity contribution in [2.24, 2.45) is 11.3 Å². The molecule has 1 atom stereocenters. The number of aliphatic hydroxyl groups excluding tert-OH is 1. The molecule has 3 nitrogen and oxygen atoms in total. The summed E-state index contributed by atoms with van der Waals surface area (Å²) >= 11 is 0. The lowest BCUT2D eigenvalue weighted by molar-refractivity contribution is -0.274. The van der Waals surface area contributed by atoms with E-state index in [0.29, 0.717) is 0 Å². The van der Waals surface area contributed by atoms with Crippen molar-refractivity contribution in [3.05, 3.63) is 24.3 Å². The highest BCUT2D eigenvalue weighted by molar-refractivity contribution is 5.51. The van der Waals surface area contributed by atoms with Crippen LogP contribution in [0.3, 0.4) is 0 Å². The van der Waals surface area contributed by atoms with E-state index in [0.717, 1.165) is 50.3 Å². The van der Waals surface area contributed by atoms with Gasteiger partial charge in [0, 0.05) is 17.6 Å². The zero-order valence-corrected chi connectivity index (χ0v) is 14.6. The molecule has 1 saturated carbocycles. The van der Waals surface area contributed by atoms with E-state index < -0.39 is 12.6 Å². The van der Waals surface area contributed by atoms with Crippen molar-refractivity contribution in [3.8, 4) is 5.75 Å². The number of ether oxygens (including phenoxy) is 1. The molecule has 0 aromatic heterocycles. The molecular formula is C19H26F3NO2. The summed E-state index contributed by atoms with van der Waals surface area (Å²) in [5.74, 6) is 0.537.